The molecule has 0 aromatic heterocycles. The van der Waals surface area contributed by atoms with Gasteiger partial charge in [0.1, 0.15) is 5.75 Å². The Balaban J connectivity index is 2.62. The summed E-state index contributed by atoms with van der Waals surface area (Å²) in [7, 11) is 1.63. The van der Waals surface area contributed by atoms with Crippen LogP contribution in [-0.2, 0) is 16.1 Å². The summed E-state index contributed by atoms with van der Waals surface area (Å²) in [5.41, 5.74) is 6.58. The molecule has 1 aromatic rings. The SMILES string of the molecule is COCCCNC(=O)C(C)Oc1c(Br)cc(CN)cc1Br. The van der Waals surface area contributed by atoms with Crippen LogP contribution in [0.5, 0.6) is 5.75 Å². The molecule has 1 aromatic carbocycles. The van der Waals surface area contributed by atoms with Crippen LogP contribution in [-0.4, -0.2) is 32.3 Å². The van der Waals surface area contributed by atoms with Gasteiger partial charge in [0.15, 0.2) is 6.10 Å². The molecule has 0 aliphatic carbocycles. The summed E-state index contributed by atoms with van der Waals surface area (Å²) in [6, 6.07) is 3.76. The average molecular weight is 424 g/mol. The third-order valence-corrected chi connectivity index (χ3v) is 3.96. The molecule has 0 radical (unpaired) electrons. The van der Waals surface area contributed by atoms with Crippen LogP contribution in [0.15, 0.2) is 21.1 Å². The second kappa shape index (κ2) is 9.40. The maximum Gasteiger partial charge on any atom is 0.260 e. The maximum atomic E-state index is 11.9. The number of benzene rings is 1. The number of carbonyl (C=O) groups excluding carboxylic acids is 1. The van der Waals surface area contributed by atoms with Gasteiger partial charge in [0, 0.05) is 26.8 Å². The van der Waals surface area contributed by atoms with Gasteiger partial charge in [0.2, 0.25) is 0 Å². The van der Waals surface area contributed by atoms with Crippen molar-refractivity contribution in [3.63, 3.8) is 0 Å². The number of halogens is 2. The van der Waals surface area contributed by atoms with Crippen molar-refractivity contribution < 1.29 is 14.3 Å². The molecular formula is C14H20Br2N2O3. The normalized spacial score (nSPS) is 12.0. The van der Waals surface area contributed by atoms with Crippen molar-refractivity contribution in [2.24, 2.45) is 5.73 Å². The van der Waals surface area contributed by atoms with Crippen molar-refractivity contribution in [3.05, 3.63) is 26.6 Å². The summed E-state index contributed by atoms with van der Waals surface area (Å²) in [5, 5.41) is 2.80. The molecular weight excluding hydrogens is 404 g/mol. The van der Waals surface area contributed by atoms with Gasteiger partial charge in [0.05, 0.1) is 8.95 Å². The van der Waals surface area contributed by atoms with Crippen molar-refractivity contribution >= 4 is 37.8 Å². The van der Waals surface area contributed by atoms with Crippen LogP contribution >= 0.6 is 31.9 Å². The molecule has 0 heterocycles. The highest BCUT2D eigenvalue weighted by molar-refractivity contribution is 9.11. The van der Waals surface area contributed by atoms with Crippen LogP contribution in [0, 0.1) is 0 Å². The van der Waals surface area contributed by atoms with E-state index >= 15 is 0 Å². The molecule has 1 rings (SSSR count). The zero-order chi connectivity index (χ0) is 15.8. The lowest BCUT2D eigenvalue weighted by Gasteiger charge is -2.17. The summed E-state index contributed by atoms with van der Waals surface area (Å²) in [5.74, 6) is 0.430. The number of nitrogens with one attached hydrogen (secondary N) is 1. The van der Waals surface area contributed by atoms with Crippen LogP contribution < -0.4 is 15.8 Å². The van der Waals surface area contributed by atoms with Gasteiger partial charge < -0.3 is 20.5 Å². The smallest absolute Gasteiger partial charge is 0.260 e. The third kappa shape index (κ3) is 5.94. The fourth-order valence-corrected chi connectivity index (χ4v) is 3.11. The highest BCUT2D eigenvalue weighted by Gasteiger charge is 2.17. The monoisotopic (exact) mass is 422 g/mol. The number of nitrogens with two attached hydrogens (primary N) is 1. The molecule has 0 aliphatic heterocycles. The molecule has 118 valence electrons. The lowest BCUT2D eigenvalue weighted by Crippen LogP contribution is -2.37. The van der Waals surface area contributed by atoms with E-state index in [0.29, 0.717) is 25.4 Å². The predicted molar refractivity (Wildman–Crippen MR) is 89.3 cm³/mol. The number of hydrogen-bond acceptors (Lipinski definition) is 4. The van der Waals surface area contributed by atoms with E-state index in [1.54, 1.807) is 14.0 Å². The van der Waals surface area contributed by atoms with Crippen molar-refractivity contribution in [1.82, 2.24) is 5.32 Å². The third-order valence-electron chi connectivity index (χ3n) is 2.78. The van der Waals surface area contributed by atoms with Crippen molar-refractivity contribution in [1.29, 1.82) is 0 Å². The molecule has 21 heavy (non-hydrogen) atoms. The quantitative estimate of drug-likeness (QED) is 0.630. The van der Waals surface area contributed by atoms with Crippen molar-refractivity contribution in [3.8, 4) is 5.75 Å². The summed E-state index contributed by atoms with van der Waals surface area (Å²) in [6.45, 7) is 3.33. The fourth-order valence-electron chi connectivity index (χ4n) is 1.64. The Hall–Kier alpha value is -0.630. The van der Waals surface area contributed by atoms with Gasteiger partial charge in [-0.2, -0.15) is 0 Å². The molecule has 5 nitrogen and oxygen atoms in total. The highest BCUT2D eigenvalue weighted by atomic mass is 79.9. The van der Waals surface area contributed by atoms with E-state index in [0.717, 1.165) is 20.9 Å². The minimum Gasteiger partial charge on any atom is -0.479 e. The van der Waals surface area contributed by atoms with Gasteiger partial charge in [0.25, 0.3) is 5.91 Å². The second-order valence-corrected chi connectivity index (χ2v) is 6.20. The van der Waals surface area contributed by atoms with Gasteiger partial charge in [-0.05, 0) is 62.9 Å². The van der Waals surface area contributed by atoms with Gasteiger partial charge in [-0.15, -0.1) is 0 Å². The Morgan fingerprint density at radius 3 is 2.52 bits per heavy atom. The molecule has 1 unspecified atom stereocenters. The van der Waals surface area contributed by atoms with Gasteiger partial charge in [-0.25, -0.2) is 0 Å². The molecule has 0 aliphatic rings. The first kappa shape index (κ1) is 18.4. The Labute approximate surface area is 141 Å². The van der Waals surface area contributed by atoms with E-state index in [1.165, 1.54) is 0 Å². The predicted octanol–water partition coefficient (Wildman–Crippen LogP) is 2.59. The van der Waals surface area contributed by atoms with Gasteiger partial charge >= 0.3 is 0 Å². The Morgan fingerprint density at radius 2 is 2.00 bits per heavy atom. The van der Waals surface area contributed by atoms with Crippen molar-refractivity contribution in [2.45, 2.75) is 26.0 Å². The van der Waals surface area contributed by atoms with E-state index in [-0.39, 0.29) is 5.91 Å². The molecule has 0 saturated heterocycles. The largest absolute Gasteiger partial charge is 0.479 e. The number of hydrogen-bond donors (Lipinski definition) is 2. The molecule has 1 amide bonds. The lowest BCUT2D eigenvalue weighted by molar-refractivity contribution is -0.127. The van der Waals surface area contributed by atoms with Crippen LogP contribution in [0.25, 0.3) is 0 Å². The number of methoxy groups -OCH3 is 1. The Morgan fingerprint density at radius 1 is 1.38 bits per heavy atom. The summed E-state index contributed by atoms with van der Waals surface area (Å²) >= 11 is 6.86. The van der Waals surface area contributed by atoms with Crippen LogP contribution in [0.3, 0.4) is 0 Å². The molecule has 3 N–H and O–H groups in total. The Bertz CT molecular complexity index is 460. The molecule has 0 bridgehead atoms. The zero-order valence-corrected chi connectivity index (χ0v) is 15.3. The van der Waals surface area contributed by atoms with E-state index in [1.807, 2.05) is 12.1 Å². The summed E-state index contributed by atoms with van der Waals surface area (Å²) in [4.78, 5) is 11.9. The molecule has 1 atom stereocenters. The summed E-state index contributed by atoms with van der Waals surface area (Å²) < 4.78 is 12.2. The minimum atomic E-state index is -0.594. The standard InChI is InChI=1S/C14H20Br2N2O3/c1-9(14(19)18-4-3-5-20-2)21-13-11(15)6-10(8-17)7-12(13)16/h6-7,9H,3-5,8,17H2,1-2H3,(H,18,19). The van der Waals surface area contributed by atoms with E-state index in [9.17, 15) is 4.79 Å². The first-order chi connectivity index (χ1) is 9.99. The molecule has 0 spiro atoms. The fraction of sp³-hybridized carbons (Fsp3) is 0.500. The first-order valence-electron chi connectivity index (χ1n) is 6.60. The van der Waals surface area contributed by atoms with E-state index in [4.69, 9.17) is 15.2 Å². The molecule has 0 fully saturated rings. The Kier molecular flexibility index (Phi) is 8.24. The van der Waals surface area contributed by atoms with Gasteiger partial charge in [-0.1, -0.05) is 0 Å². The lowest BCUT2D eigenvalue weighted by atomic mass is 10.2. The van der Waals surface area contributed by atoms with E-state index in [2.05, 4.69) is 37.2 Å². The maximum absolute atomic E-state index is 11.9. The first-order valence-corrected chi connectivity index (χ1v) is 8.19. The number of amides is 1. The van der Waals surface area contributed by atoms with Crippen LogP contribution in [0.4, 0.5) is 0 Å². The van der Waals surface area contributed by atoms with Crippen LogP contribution in [0.1, 0.15) is 18.9 Å². The highest BCUT2D eigenvalue weighted by Crippen LogP contribution is 2.35. The van der Waals surface area contributed by atoms with Gasteiger partial charge in [-0.3, -0.25) is 4.79 Å². The van der Waals surface area contributed by atoms with E-state index < -0.39 is 6.10 Å². The molecule has 0 saturated carbocycles. The topological polar surface area (TPSA) is 73.6 Å². The second-order valence-electron chi connectivity index (χ2n) is 4.49. The van der Waals surface area contributed by atoms with Crippen molar-refractivity contribution in [2.75, 3.05) is 20.3 Å². The van der Waals surface area contributed by atoms with Crippen LogP contribution in [0.2, 0.25) is 0 Å². The zero-order valence-electron chi connectivity index (χ0n) is 12.1. The number of rotatable bonds is 8. The average Bonchev–Trinajstić information content (AvgIpc) is 2.46. The molecule has 7 heteroatoms. The summed E-state index contributed by atoms with van der Waals surface area (Å²) in [6.07, 6.45) is 0.178. The number of ether oxygens (including phenoxy) is 2. The number of carbonyl (C=O) groups is 1. The minimum absolute atomic E-state index is 0.159.